The van der Waals surface area contributed by atoms with E-state index in [0.29, 0.717) is 0 Å². The van der Waals surface area contributed by atoms with Gasteiger partial charge in [0.25, 0.3) is 5.92 Å². The van der Waals surface area contributed by atoms with Crippen molar-refractivity contribution < 1.29 is 13.9 Å². The van der Waals surface area contributed by atoms with Gasteiger partial charge in [-0.15, -0.1) is 0 Å². The molecule has 0 bridgehead atoms. The molecule has 0 amide bonds. The highest BCUT2D eigenvalue weighted by atomic mass is 19.3. The van der Waals surface area contributed by atoms with Crippen molar-refractivity contribution in [1.29, 1.82) is 0 Å². The molecule has 0 aliphatic heterocycles. The molecule has 0 spiro atoms. The predicted molar refractivity (Wildman–Crippen MR) is 30.3 cm³/mol. The maximum Gasteiger partial charge on any atom is 0.287 e. The number of nitrogens with two attached hydrogens (primary N) is 1. The van der Waals surface area contributed by atoms with Crippen LogP contribution in [0.25, 0.3) is 0 Å². The topological polar surface area (TPSA) is 46.2 Å². The van der Waals surface area contributed by atoms with Crippen LogP contribution in [0.4, 0.5) is 8.78 Å². The molecule has 0 saturated carbocycles. The maximum atomic E-state index is 12.3. The first-order chi connectivity index (χ1) is 3.81. The van der Waals surface area contributed by atoms with Gasteiger partial charge in [-0.2, -0.15) is 0 Å². The summed E-state index contributed by atoms with van der Waals surface area (Å²) in [4.78, 5) is 0. The van der Waals surface area contributed by atoms with Gasteiger partial charge in [0.2, 0.25) is 0 Å². The summed E-state index contributed by atoms with van der Waals surface area (Å²) in [5.41, 5.74) is 2.67. The Hall–Kier alpha value is -0.220. The molecule has 56 valence electrons. The molecule has 0 aliphatic rings. The molecule has 0 saturated heterocycles. The molecule has 4 heteroatoms. The second kappa shape index (κ2) is 2.19. The number of rotatable bonds is 2. The lowest BCUT2D eigenvalue weighted by Crippen LogP contribution is -2.48. The maximum absolute atomic E-state index is 12.3. The molecule has 0 rings (SSSR count). The first-order valence-corrected chi connectivity index (χ1v) is 2.61. The van der Waals surface area contributed by atoms with Crippen LogP contribution in [0.2, 0.25) is 0 Å². The standard InChI is InChI=1S/C5H11F2NO/c1-4(2,9)5(6,7)3-8/h9H,3,8H2,1-2H3. The van der Waals surface area contributed by atoms with E-state index in [4.69, 9.17) is 5.11 Å². The summed E-state index contributed by atoms with van der Waals surface area (Å²) in [7, 11) is 0. The van der Waals surface area contributed by atoms with Gasteiger partial charge in [-0.3, -0.25) is 0 Å². The summed E-state index contributed by atoms with van der Waals surface area (Å²) in [6.45, 7) is 1.23. The lowest BCUT2D eigenvalue weighted by Gasteiger charge is -2.27. The van der Waals surface area contributed by atoms with E-state index in [1.54, 1.807) is 0 Å². The van der Waals surface area contributed by atoms with Crippen LogP contribution in [0.15, 0.2) is 0 Å². The van der Waals surface area contributed by atoms with E-state index >= 15 is 0 Å². The minimum Gasteiger partial charge on any atom is -0.384 e. The van der Waals surface area contributed by atoms with Crippen LogP contribution < -0.4 is 5.73 Å². The molecule has 0 aromatic carbocycles. The van der Waals surface area contributed by atoms with E-state index in [9.17, 15) is 8.78 Å². The number of alkyl halides is 2. The van der Waals surface area contributed by atoms with Gasteiger partial charge in [0.1, 0.15) is 5.60 Å². The van der Waals surface area contributed by atoms with Gasteiger partial charge >= 0.3 is 0 Å². The molecule has 0 heterocycles. The Bertz CT molecular complexity index is 97.6. The smallest absolute Gasteiger partial charge is 0.287 e. The Balaban J connectivity index is 4.14. The zero-order valence-corrected chi connectivity index (χ0v) is 5.49. The lowest BCUT2D eigenvalue weighted by atomic mass is 10.0. The highest BCUT2D eigenvalue weighted by molar-refractivity contribution is 4.85. The predicted octanol–water partition coefficient (Wildman–Crippen LogP) is 0.351. The number of halogens is 2. The monoisotopic (exact) mass is 139 g/mol. The van der Waals surface area contributed by atoms with Gasteiger partial charge in [0.15, 0.2) is 0 Å². The van der Waals surface area contributed by atoms with Crippen molar-refractivity contribution in [3.05, 3.63) is 0 Å². The van der Waals surface area contributed by atoms with Crippen LogP contribution >= 0.6 is 0 Å². The lowest BCUT2D eigenvalue weighted by molar-refractivity contribution is -0.153. The summed E-state index contributed by atoms with van der Waals surface area (Å²) in [6, 6.07) is 0. The summed E-state index contributed by atoms with van der Waals surface area (Å²) >= 11 is 0. The molecule has 2 nitrogen and oxygen atoms in total. The second-order valence-electron chi connectivity index (χ2n) is 2.47. The largest absolute Gasteiger partial charge is 0.384 e. The molecule has 0 radical (unpaired) electrons. The summed E-state index contributed by atoms with van der Waals surface area (Å²) < 4.78 is 24.6. The molecule has 3 N–H and O–H groups in total. The molecule has 9 heavy (non-hydrogen) atoms. The number of hydrogen-bond acceptors (Lipinski definition) is 2. The van der Waals surface area contributed by atoms with Crippen LogP contribution in [-0.4, -0.2) is 23.2 Å². The third-order valence-corrected chi connectivity index (χ3v) is 1.15. The molecule has 0 unspecified atom stereocenters. The zero-order valence-electron chi connectivity index (χ0n) is 5.49. The molecule has 0 aromatic rings. The molecular weight excluding hydrogens is 128 g/mol. The Morgan fingerprint density at radius 1 is 1.44 bits per heavy atom. The zero-order chi connectivity index (χ0) is 7.71. The highest BCUT2D eigenvalue weighted by Crippen LogP contribution is 2.26. The number of aliphatic hydroxyl groups is 1. The molecule has 0 aromatic heterocycles. The normalized spacial score (nSPS) is 14.0. The first kappa shape index (κ1) is 8.78. The van der Waals surface area contributed by atoms with E-state index in [1.165, 1.54) is 0 Å². The van der Waals surface area contributed by atoms with E-state index in [0.717, 1.165) is 13.8 Å². The molecular formula is C5H11F2NO. The van der Waals surface area contributed by atoms with E-state index in [1.807, 2.05) is 0 Å². The van der Waals surface area contributed by atoms with E-state index in [-0.39, 0.29) is 0 Å². The van der Waals surface area contributed by atoms with Crippen LogP contribution in [0.1, 0.15) is 13.8 Å². The summed E-state index contributed by atoms with van der Waals surface area (Å²) in [5.74, 6) is -3.19. The minimum absolute atomic E-state index is 0.823. The van der Waals surface area contributed by atoms with Gasteiger partial charge in [-0.05, 0) is 13.8 Å². The van der Waals surface area contributed by atoms with Crippen molar-refractivity contribution in [2.75, 3.05) is 6.54 Å². The summed E-state index contributed by atoms with van der Waals surface area (Å²) in [6.07, 6.45) is 0. The minimum atomic E-state index is -3.19. The van der Waals surface area contributed by atoms with Crippen LogP contribution in [0.3, 0.4) is 0 Å². The van der Waals surface area contributed by atoms with Crippen molar-refractivity contribution in [2.24, 2.45) is 5.73 Å². The van der Waals surface area contributed by atoms with Crippen molar-refractivity contribution in [3.63, 3.8) is 0 Å². The quantitative estimate of drug-likeness (QED) is 0.580. The third kappa shape index (κ3) is 1.87. The molecule has 0 fully saturated rings. The Kier molecular flexibility index (Phi) is 2.14. The average Bonchev–Trinajstić information content (AvgIpc) is 1.64. The first-order valence-electron chi connectivity index (χ1n) is 2.61. The van der Waals surface area contributed by atoms with Crippen molar-refractivity contribution in [3.8, 4) is 0 Å². The Morgan fingerprint density at radius 2 is 1.78 bits per heavy atom. The highest BCUT2D eigenvalue weighted by Gasteiger charge is 2.43. The summed E-state index contributed by atoms with van der Waals surface area (Å²) in [5, 5.41) is 8.72. The van der Waals surface area contributed by atoms with Gasteiger partial charge in [0.05, 0.1) is 6.54 Å². The Labute approximate surface area is 52.7 Å². The SMILES string of the molecule is CC(C)(O)C(F)(F)CN. The fourth-order valence-corrected chi connectivity index (χ4v) is 0.250. The van der Waals surface area contributed by atoms with Gasteiger partial charge in [-0.25, -0.2) is 8.78 Å². The van der Waals surface area contributed by atoms with Crippen molar-refractivity contribution in [2.45, 2.75) is 25.4 Å². The van der Waals surface area contributed by atoms with Gasteiger partial charge in [-0.1, -0.05) is 0 Å². The third-order valence-electron chi connectivity index (χ3n) is 1.15. The van der Waals surface area contributed by atoms with Crippen LogP contribution in [-0.2, 0) is 0 Å². The molecule has 0 aliphatic carbocycles. The van der Waals surface area contributed by atoms with Crippen molar-refractivity contribution >= 4 is 0 Å². The van der Waals surface area contributed by atoms with Gasteiger partial charge < -0.3 is 10.8 Å². The van der Waals surface area contributed by atoms with E-state index in [2.05, 4.69) is 5.73 Å². The van der Waals surface area contributed by atoms with Gasteiger partial charge in [0, 0.05) is 0 Å². The van der Waals surface area contributed by atoms with E-state index < -0.39 is 18.1 Å². The average molecular weight is 139 g/mol. The molecule has 0 atom stereocenters. The van der Waals surface area contributed by atoms with Crippen LogP contribution in [0.5, 0.6) is 0 Å². The fourth-order valence-electron chi connectivity index (χ4n) is 0.250. The Morgan fingerprint density at radius 3 is 1.78 bits per heavy atom. The number of hydrogen-bond donors (Lipinski definition) is 2. The van der Waals surface area contributed by atoms with Crippen molar-refractivity contribution in [1.82, 2.24) is 0 Å². The second-order valence-corrected chi connectivity index (χ2v) is 2.47. The fraction of sp³-hybridized carbons (Fsp3) is 1.00. The van der Waals surface area contributed by atoms with Crippen LogP contribution in [0, 0.1) is 0 Å².